The Bertz CT molecular complexity index is 507. The number of guanidine groups is 1. The minimum atomic E-state index is 0. The average molecular weight is 444 g/mol. The number of hydrogen-bond donors (Lipinski definition) is 1. The smallest absolute Gasteiger partial charge is 0.193 e. The third kappa shape index (κ3) is 6.24. The van der Waals surface area contributed by atoms with E-state index < -0.39 is 0 Å². The number of aryl methyl sites for hydroxylation is 1. The fourth-order valence-electron chi connectivity index (χ4n) is 3.06. The molecule has 1 atom stereocenters. The highest BCUT2D eigenvalue weighted by molar-refractivity contribution is 14.0. The standard InChI is InChI=1S/C19H32N4.HI/c1-6-15-7-9-16(10-8-15)14-23(5)19(20-2)21-13-18(22(3)4)17-11-12-17;/h7-10,17-18H,6,11-14H2,1-5H3,(H,20,21);1H. The quantitative estimate of drug-likeness (QED) is 0.398. The number of hydrogen-bond acceptors (Lipinski definition) is 2. The highest BCUT2D eigenvalue weighted by Gasteiger charge is 2.32. The molecule has 0 aliphatic heterocycles. The number of nitrogens with zero attached hydrogens (tertiary/aromatic N) is 3. The summed E-state index contributed by atoms with van der Waals surface area (Å²) < 4.78 is 0. The van der Waals surface area contributed by atoms with Gasteiger partial charge in [-0.05, 0) is 50.4 Å². The topological polar surface area (TPSA) is 30.9 Å². The number of halogens is 1. The Morgan fingerprint density at radius 2 is 1.75 bits per heavy atom. The highest BCUT2D eigenvalue weighted by atomic mass is 127. The van der Waals surface area contributed by atoms with E-state index in [4.69, 9.17) is 0 Å². The molecule has 1 N–H and O–H groups in total. The van der Waals surface area contributed by atoms with Gasteiger partial charge in [0.2, 0.25) is 0 Å². The zero-order valence-electron chi connectivity index (χ0n) is 15.7. The SMILES string of the molecule is CCc1ccc(CN(C)C(=NC)NCC(C2CC2)N(C)C)cc1.I. The number of rotatable bonds is 7. The second-order valence-corrected chi connectivity index (χ2v) is 6.82. The summed E-state index contributed by atoms with van der Waals surface area (Å²) in [5.41, 5.74) is 2.70. The van der Waals surface area contributed by atoms with E-state index in [0.29, 0.717) is 6.04 Å². The summed E-state index contributed by atoms with van der Waals surface area (Å²) in [7, 11) is 8.31. The molecular formula is C19H33IN4. The first-order valence-corrected chi connectivity index (χ1v) is 8.71. The Labute approximate surface area is 164 Å². The molecule has 2 rings (SSSR count). The van der Waals surface area contributed by atoms with Crippen LogP contribution in [0.5, 0.6) is 0 Å². The molecular weight excluding hydrogens is 411 g/mol. The van der Waals surface area contributed by atoms with Crippen LogP contribution < -0.4 is 5.32 Å². The van der Waals surface area contributed by atoms with Crippen molar-refractivity contribution in [2.45, 2.75) is 38.8 Å². The van der Waals surface area contributed by atoms with Gasteiger partial charge in [-0.15, -0.1) is 24.0 Å². The van der Waals surface area contributed by atoms with Crippen LogP contribution in [-0.4, -0.2) is 56.5 Å². The molecule has 1 aliphatic rings. The first-order valence-electron chi connectivity index (χ1n) is 8.71. The Morgan fingerprint density at radius 1 is 1.17 bits per heavy atom. The van der Waals surface area contributed by atoms with Crippen molar-refractivity contribution in [3.8, 4) is 0 Å². The Balaban J connectivity index is 0.00000288. The van der Waals surface area contributed by atoms with E-state index in [0.717, 1.165) is 31.4 Å². The number of likely N-dealkylation sites (N-methyl/N-ethyl adjacent to an activating group) is 1. The number of nitrogens with one attached hydrogen (secondary N) is 1. The van der Waals surface area contributed by atoms with Crippen LogP contribution in [0.3, 0.4) is 0 Å². The monoisotopic (exact) mass is 444 g/mol. The van der Waals surface area contributed by atoms with Crippen molar-refractivity contribution in [1.29, 1.82) is 0 Å². The van der Waals surface area contributed by atoms with Crippen LogP contribution in [0.1, 0.15) is 30.9 Å². The predicted octanol–water partition coefficient (Wildman–Crippen LogP) is 3.21. The van der Waals surface area contributed by atoms with Crippen LogP contribution in [-0.2, 0) is 13.0 Å². The molecule has 4 nitrogen and oxygen atoms in total. The van der Waals surface area contributed by atoms with Gasteiger partial charge in [-0.25, -0.2) is 0 Å². The van der Waals surface area contributed by atoms with Gasteiger partial charge >= 0.3 is 0 Å². The van der Waals surface area contributed by atoms with Gasteiger partial charge in [0.15, 0.2) is 5.96 Å². The molecule has 0 amide bonds. The molecule has 0 bridgehead atoms. The van der Waals surface area contributed by atoms with Crippen molar-refractivity contribution >= 4 is 29.9 Å². The summed E-state index contributed by atoms with van der Waals surface area (Å²) in [5, 5.41) is 3.55. The number of aliphatic imine (C=N–C) groups is 1. The molecule has 1 fully saturated rings. The second-order valence-electron chi connectivity index (χ2n) is 6.82. The molecule has 5 heteroatoms. The molecule has 1 aromatic carbocycles. The summed E-state index contributed by atoms with van der Waals surface area (Å²) in [6, 6.07) is 9.47. The Hall–Kier alpha value is -0.820. The number of benzene rings is 1. The highest BCUT2D eigenvalue weighted by Crippen LogP contribution is 2.34. The maximum atomic E-state index is 4.44. The third-order valence-corrected chi connectivity index (χ3v) is 4.72. The predicted molar refractivity (Wildman–Crippen MR) is 114 cm³/mol. The van der Waals surface area contributed by atoms with Crippen LogP contribution in [0.25, 0.3) is 0 Å². The molecule has 1 aromatic rings. The van der Waals surface area contributed by atoms with Crippen molar-refractivity contribution in [1.82, 2.24) is 15.1 Å². The Kier molecular flexibility index (Phi) is 9.05. The van der Waals surface area contributed by atoms with Gasteiger partial charge in [0.1, 0.15) is 0 Å². The van der Waals surface area contributed by atoms with Gasteiger partial charge in [-0.1, -0.05) is 31.2 Å². The van der Waals surface area contributed by atoms with Crippen LogP contribution in [0, 0.1) is 5.92 Å². The van der Waals surface area contributed by atoms with Crippen LogP contribution in [0.15, 0.2) is 29.3 Å². The lowest BCUT2D eigenvalue weighted by Crippen LogP contribution is -2.46. The molecule has 0 saturated heterocycles. The van der Waals surface area contributed by atoms with E-state index in [1.807, 2.05) is 7.05 Å². The van der Waals surface area contributed by atoms with E-state index in [9.17, 15) is 0 Å². The van der Waals surface area contributed by atoms with Gasteiger partial charge in [0.25, 0.3) is 0 Å². The van der Waals surface area contributed by atoms with Gasteiger partial charge in [-0.2, -0.15) is 0 Å². The lowest BCUT2D eigenvalue weighted by Gasteiger charge is -2.28. The van der Waals surface area contributed by atoms with E-state index in [1.54, 1.807) is 0 Å². The fourth-order valence-corrected chi connectivity index (χ4v) is 3.06. The van der Waals surface area contributed by atoms with E-state index in [-0.39, 0.29) is 24.0 Å². The van der Waals surface area contributed by atoms with E-state index in [1.165, 1.54) is 24.0 Å². The molecule has 0 spiro atoms. The van der Waals surface area contributed by atoms with Gasteiger partial charge in [0, 0.05) is 33.2 Å². The zero-order valence-corrected chi connectivity index (χ0v) is 18.1. The maximum Gasteiger partial charge on any atom is 0.193 e. The van der Waals surface area contributed by atoms with Crippen molar-refractivity contribution in [3.63, 3.8) is 0 Å². The molecule has 0 radical (unpaired) electrons. The minimum Gasteiger partial charge on any atom is -0.355 e. The average Bonchev–Trinajstić information content (AvgIpc) is 3.36. The Morgan fingerprint density at radius 3 is 2.21 bits per heavy atom. The lowest BCUT2D eigenvalue weighted by atomic mass is 10.1. The van der Waals surface area contributed by atoms with Crippen LogP contribution in [0.4, 0.5) is 0 Å². The minimum absolute atomic E-state index is 0. The molecule has 0 aromatic heterocycles. The van der Waals surface area contributed by atoms with Crippen molar-refractivity contribution in [2.75, 3.05) is 34.7 Å². The fraction of sp³-hybridized carbons (Fsp3) is 0.632. The van der Waals surface area contributed by atoms with Crippen LogP contribution in [0.2, 0.25) is 0 Å². The van der Waals surface area contributed by atoms with Crippen molar-refractivity contribution < 1.29 is 0 Å². The molecule has 0 heterocycles. The molecule has 1 unspecified atom stereocenters. The lowest BCUT2D eigenvalue weighted by molar-refractivity contribution is 0.262. The largest absolute Gasteiger partial charge is 0.355 e. The summed E-state index contributed by atoms with van der Waals surface area (Å²) in [4.78, 5) is 8.97. The summed E-state index contributed by atoms with van der Waals surface area (Å²) in [6.07, 6.45) is 3.82. The second kappa shape index (κ2) is 10.2. The van der Waals surface area contributed by atoms with E-state index >= 15 is 0 Å². The van der Waals surface area contributed by atoms with Crippen molar-refractivity contribution in [3.05, 3.63) is 35.4 Å². The van der Waals surface area contributed by atoms with E-state index in [2.05, 4.69) is 72.4 Å². The summed E-state index contributed by atoms with van der Waals surface area (Å²) in [5.74, 6) is 1.82. The first-order chi connectivity index (χ1) is 11.0. The molecule has 24 heavy (non-hydrogen) atoms. The van der Waals surface area contributed by atoms with Gasteiger partial charge in [0.05, 0.1) is 0 Å². The third-order valence-electron chi connectivity index (χ3n) is 4.72. The van der Waals surface area contributed by atoms with Gasteiger partial charge in [-0.3, -0.25) is 4.99 Å². The summed E-state index contributed by atoms with van der Waals surface area (Å²) in [6.45, 7) is 4.02. The molecule has 1 saturated carbocycles. The first kappa shape index (κ1) is 21.2. The molecule has 136 valence electrons. The molecule has 1 aliphatic carbocycles. The van der Waals surface area contributed by atoms with Crippen LogP contribution >= 0.6 is 24.0 Å². The van der Waals surface area contributed by atoms with Gasteiger partial charge < -0.3 is 15.1 Å². The van der Waals surface area contributed by atoms with Crippen molar-refractivity contribution in [2.24, 2.45) is 10.9 Å². The maximum absolute atomic E-state index is 4.44. The normalized spacial score (nSPS) is 15.8. The summed E-state index contributed by atoms with van der Waals surface area (Å²) >= 11 is 0. The zero-order chi connectivity index (χ0) is 16.8.